The average molecular weight is 378 g/mol. The highest BCUT2D eigenvalue weighted by molar-refractivity contribution is 6.53. The summed E-state index contributed by atoms with van der Waals surface area (Å²) in [5.74, 6) is 0.554. The van der Waals surface area contributed by atoms with Crippen LogP contribution in [0.15, 0.2) is 16.5 Å². The van der Waals surface area contributed by atoms with E-state index in [0.29, 0.717) is 29.5 Å². The summed E-state index contributed by atoms with van der Waals surface area (Å²) in [5.41, 5.74) is 4.64. The van der Waals surface area contributed by atoms with E-state index < -0.39 is 11.6 Å². The van der Waals surface area contributed by atoms with Crippen molar-refractivity contribution in [1.29, 1.82) is 0 Å². The Bertz CT molecular complexity index is 1000. The highest BCUT2D eigenvalue weighted by atomic mass is 16.3. The van der Waals surface area contributed by atoms with Gasteiger partial charge in [0.25, 0.3) is 0 Å². The molecule has 0 amide bonds. The molecule has 1 unspecified atom stereocenters. The van der Waals surface area contributed by atoms with Crippen molar-refractivity contribution in [3.63, 3.8) is 0 Å². The molecule has 0 bridgehead atoms. The molecule has 2 fully saturated rings. The lowest BCUT2D eigenvalue weighted by atomic mass is 9.85. The molecule has 1 aromatic carbocycles. The normalized spacial score (nSPS) is 22.3. The molecule has 5 rings (SSSR count). The second kappa shape index (κ2) is 6.39. The van der Waals surface area contributed by atoms with Gasteiger partial charge in [-0.05, 0) is 63.4 Å². The number of benzene rings is 1. The zero-order valence-electron chi connectivity index (χ0n) is 16.8. The second-order valence-electron chi connectivity index (χ2n) is 8.56. The summed E-state index contributed by atoms with van der Waals surface area (Å²) in [6, 6.07) is 4.45. The minimum atomic E-state index is -0.432. The minimum Gasteiger partial charge on any atom is -0.459 e. The maximum absolute atomic E-state index is 12.8. The standard InChI is InChI=1S/C23H26N2O3/c1-13-9-17-18(10-14(13)2)23-20(22(27)21(17)26)15(3)19(28-23)12-24-7-8-25-6-4-5-16(25)11-24/h9-10,16H,4-8,11-12H2,1-3H3. The SMILES string of the molecule is Cc1cc2c(cc1C)-c1oc(CN3CCN4CCCC4C3)c(C)c1C(=O)C2=O. The Kier molecular flexibility index (Phi) is 4.07. The third-order valence-corrected chi connectivity index (χ3v) is 6.84. The molecule has 2 saturated heterocycles. The number of Topliss-reactive ketones (excluding diaryl/α,β-unsaturated/α-hetero) is 2. The second-order valence-corrected chi connectivity index (χ2v) is 8.56. The summed E-state index contributed by atoms with van der Waals surface area (Å²) in [6.07, 6.45) is 2.56. The lowest BCUT2D eigenvalue weighted by Gasteiger charge is -2.37. The molecule has 3 aliphatic rings. The minimum absolute atomic E-state index is 0.416. The molecule has 2 aromatic rings. The Morgan fingerprint density at radius 3 is 2.54 bits per heavy atom. The van der Waals surface area contributed by atoms with Crippen LogP contribution in [-0.4, -0.2) is 53.6 Å². The number of carbonyl (C=O) groups excluding carboxylic acids is 2. The fourth-order valence-corrected chi connectivity index (χ4v) is 5.00. The van der Waals surface area contributed by atoms with Crippen LogP contribution in [0.25, 0.3) is 11.3 Å². The molecule has 5 heteroatoms. The van der Waals surface area contributed by atoms with E-state index >= 15 is 0 Å². The highest BCUT2D eigenvalue weighted by Crippen LogP contribution is 2.40. The number of rotatable bonds is 2. The van der Waals surface area contributed by atoms with E-state index in [-0.39, 0.29) is 0 Å². The number of fused-ring (bicyclic) bond motifs is 4. The first-order valence-corrected chi connectivity index (χ1v) is 10.2. The summed E-state index contributed by atoms with van der Waals surface area (Å²) in [6.45, 7) is 11.0. The number of nitrogens with zero attached hydrogens (tertiary/aromatic N) is 2. The van der Waals surface area contributed by atoms with Crippen LogP contribution in [0.4, 0.5) is 0 Å². The van der Waals surface area contributed by atoms with E-state index in [4.69, 9.17) is 4.42 Å². The summed E-state index contributed by atoms with van der Waals surface area (Å²) >= 11 is 0. The van der Waals surface area contributed by atoms with Crippen molar-refractivity contribution in [1.82, 2.24) is 9.80 Å². The molecule has 1 atom stereocenters. The van der Waals surface area contributed by atoms with Crippen molar-refractivity contribution in [3.8, 4) is 11.3 Å². The van der Waals surface area contributed by atoms with Gasteiger partial charge in [0.15, 0.2) is 0 Å². The Balaban J connectivity index is 1.51. The van der Waals surface area contributed by atoms with E-state index in [0.717, 1.165) is 47.6 Å². The third kappa shape index (κ3) is 2.60. The lowest BCUT2D eigenvalue weighted by molar-refractivity contribution is 0.0814. The monoisotopic (exact) mass is 378 g/mol. The Morgan fingerprint density at radius 1 is 1.00 bits per heavy atom. The van der Waals surface area contributed by atoms with Crippen LogP contribution in [0.1, 0.15) is 56.0 Å². The predicted octanol–water partition coefficient (Wildman–Crippen LogP) is 3.53. The van der Waals surface area contributed by atoms with Crippen molar-refractivity contribution in [2.45, 2.75) is 46.2 Å². The zero-order valence-corrected chi connectivity index (χ0v) is 16.8. The molecule has 1 aliphatic carbocycles. The molecule has 1 aromatic heterocycles. The quantitative estimate of drug-likeness (QED) is 0.749. The topological polar surface area (TPSA) is 53.8 Å². The number of furan rings is 1. The first kappa shape index (κ1) is 17.8. The van der Waals surface area contributed by atoms with Crippen LogP contribution in [0.2, 0.25) is 0 Å². The largest absolute Gasteiger partial charge is 0.459 e. The van der Waals surface area contributed by atoms with Gasteiger partial charge in [-0.1, -0.05) is 0 Å². The molecule has 2 aliphatic heterocycles. The van der Waals surface area contributed by atoms with Gasteiger partial charge in [-0.15, -0.1) is 0 Å². The van der Waals surface area contributed by atoms with E-state index in [1.165, 1.54) is 19.4 Å². The summed E-state index contributed by atoms with van der Waals surface area (Å²) < 4.78 is 6.26. The maximum atomic E-state index is 12.8. The molecular weight excluding hydrogens is 352 g/mol. The summed E-state index contributed by atoms with van der Waals surface area (Å²) in [4.78, 5) is 30.5. The number of carbonyl (C=O) groups is 2. The molecule has 0 radical (unpaired) electrons. The van der Waals surface area contributed by atoms with Crippen molar-refractivity contribution in [2.24, 2.45) is 0 Å². The van der Waals surface area contributed by atoms with Gasteiger partial charge in [0.05, 0.1) is 12.1 Å². The Morgan fingerprint density at radius 2 is 1.75 bits per heavy atom. The molecule has 0 spiro atoms. The first-order chi connectivity index (χ1) is 13.4. The van der Waals surface area contributed by atoms with Crippen LogP contribution < -0.4 is 0 Å². The average Bonchev–Trinajstić information content (AvgIpc) is 3.26. The van der Waals surface area contributed by atoms with Gasteiger partial charge in [-0.25, -0.2) is 0 Å². The number of hydrogen-bond donors (Lipinski definition) is 0. The number of piperazine rings is 1. The van der Waals surface area contributed by atoms with E-state index in [1.54, 1.807) is 0 Å². The van der Waals surface area contributed by atoms with E-state index in [1.807, 2.05) is 32.9 Å². The van der Waals surface area contributed by atoms with Crippen LogP contribution in [-0.2, 0) is 6.54 Å². The van der Waals surface area contributed by atoms with Crippen molar-refractivity contribution >= 4 is 11.6 Å². The zero-order chi connectivity index (χ0) is 19.6. The van der Waals surface area contributed by atoms with Crippen LogP contribution >= 0.6 is 0 Å². The van der Waals surface area contributed by atoms with Crippen molar-refractivity contribution < 1.29 is 14.0 Å². The third-order valence-electron chi connectivity index (χ3n) is 6.84. The van der Waals surface area contributed by atoms with Gasteiger partial charge in [0.1, 0.15) is 11.5 Å². The van der Waals surface area contributed by atoms with Gasteiger partial charge >= 0.3 is 0 Å². The predicted molar refractivity (Wildman–Crippen MR) is 107 cm³/mol. The molecule has 5 nitrogen and oxygen atoms in total. The number of hydrogen-bond acceptors (Lipinski definition) is 5. The summed E-state index contributed by atoms with van der Waals surface area (Å²) in [7, 11) is 0. The fraction of sp³-hybridized carbons (Fsp3) is 0.478. The van der Waals surface area contributed by atoms with Crippen molar-refractivity contribution in [2.75, 3.05) is 26.2 Å². The maximum Gasteiger partial charge on any atom is 0.237 e. The van der Waals surface area contributed by atoms with E-state index in [2.05, 4.69) is 9.80 Å². The molecule has 0 saturated carbocycles. The lowest BCUT2D eigenvalue weighted by Crippen LogP contribution is -2.49. The summed E-state index contributed by atoms with van der Waals surface area (Å²) in [5, 5.41) is 0. The van der Waals surface area contributed by atoms with Crippen LogP contribution in [0.5, 0.6) is 0 Å². The van der Waals surface area contributed by atoms with E-state index in [9.17, 15) is 9.59 Å². The van der Waals surface area contributed by atoms with Crippen molar-refractivity contribution in [3.05, 3.63) is 45.7 Å². The molecule has 3 heterocycles. The van der Waals surface area contributed by atoms with Gasteiger partial charge in [-0.3, -0.25) is 19.4 Å². The number of aryl methyl sites for hydroxylation is 2. The molecule has 146 valence electrons. The molecular formula is C23H26N2O3. The smallest absolute Gasteiger partial charge is 0.237 e. The highest BCUT2D eigenvalue weighted by Gasteiger charge is 2.37. The number of ketones is 2. The fourth-order valence-electron chi connectivity index (χ4n) is 5.00. The van der Waals surface area contributed by atoms with Crippen LogP contribution in [0.3, 0.4) is 0 Å². The Hall–Kier alpha value is -2.24. The van der Waals surface area contributed by atoms with Gasteiger partial charge < -0.3 is 4.42 Å². The Labute approximate surface area is 165 Å². The molecule has 28 heavy (non-hydrogen) atoms. The van der Waals surface area contributed by atoms with Crippen LogP contribution in [0, 0.1) is 20.8 Å². The van der Waals surface area contributed by atoms with Gasteiger partial charge in [0, 0.05) is 42.4 Å². The first-order valence-electron chi connectivity index (χ1n) is 10.2. The van der Waals surface area contributed by atoms with Gasteiger partial charge in [0.2, 0.25) is 11.6 Å². The van der Waals surface area contributed by atoms with Gasteiger partial charge in [-0.2, -0.15) is 0 Å². The molecule has 0 N–H and O–H groups in total.